The predicted octanol–water partition coefficient (Wildman–Crippen LogP) is 6.56. The molecule has 0 aromatic heterocycles. The molecule has 140 valence electrons. The number of hydrogen-bond acceptors (Lipinski definition) is 0. The van der Waals surface area contributed by atoms with Gasteiger partial charge in [0.2, 0.25) is 0 Å². The molecule has 0 aliphatic carbocycles. The summed E-state index contributed by atoms with van der Waals surface area (Å²) in [5, 5.41) is 3.64. The number of rotatable bonds is 5. The van der Waals surface area contributed by atoms with Crippen molar-refractivity contribution in [3.8, 4) is 0 Å². The highest BCUT2D eigenvalue weighted by Crippen LogP contribution is 2.61. The standard InChI is InChI=1S/C23H38P2/c1-16(2)19-12-9-15-24(19)22-10-7-8-11-23(22)25-20(17(3)4)13-14-21(25)18(5)6/h7-8,10-11,16-21H,9,12-15H2,1-6H3/t19-,20-,21-,24?/m0/s1. The van der Waals surface area contributed by atoms with E-state index in [4.69, 9.17) is 0 Å². The summed E-state index contributed by atoms with van der Waals surface area (Å²) in [6.07, 6.45) is 7.34. The van der Waals surface area contributed by atoms with Crippen LogP contribution >= 0.6 is 15.8 Å². The van der Waals surface area contributed by atoms with Crippen LogP contribution in [0, 0.1) is 17.8 Å². The zero-order chi connectivity index (χ0) is 18.1. The maximum atomic E-state index is 2.55. The molecule has 2 fully saturated rings. The minimum absolute atomic E-state index is 0.00502. The Bertz CT molecular complexity index is 547. The molecule has 0 nitrogen and oxygen atoms in total. The van der Waals surface area contributed by atoms with E-state index in [9.17, 15) is 0 Å². The van der Waals surface area contributed by atoms with Gasteiger partial charge in [0.25, 0.3) is 0 Å². The van der Waals surface area contributed by atoms with Gasteiger partial charge in [-0.1, -0.05) is 81.7 Å². The van der Waals surface area contributed by atoms with Crippen LogP contribution in [0.25, 0.3) is 0 Å². The minimum Gasteiger partial charge on any atom is -0.0712 e. The van der Waals surface area contributed by atoms with E-state index in [0.717, 1.165) is 34.7 Å². The van der Waals surface area contributed by atoms with Crippen LogP contribution in [-0.2, 0) is 0 Å². The van der Waals surface area contributed by atoms with Crippen LogP contribution in [0.15, 0.2) is 24.3 Å². The Labute approximate surface area is 159 Å². The van der Waals surface area contributed by atoms with E-state index in [1.165, 1.54) is 31.8 Å². The summed E-state index contributed by atoms with van der Waals surface area (Å²) >= 11 is 0. The molecule has 3 rings (SSSR count). The van der Waals surface area contributed by atoms with Gasteiger partial charge in [0, 0.05) is 0 Å². The Kier molecular flexibility index (Phi) is 6.66. The first kappa shape index (κ1) is 19.8. The summed E-state index contributed by atoms with van der Waals surface area (Å²) in [5.74, 6) is 2.51. The Morgan fingerprint density at radius 3 is 1.76 bits per heavy atom. The lowest BCUT2D eigenvalue weighted by Crippen LogP contribution is -2.32. The Hall–Kier alpha value is 0.0800. The highest BCUT2D eigenvalue weighted by molar-refractivity contribution is 7.73. The summed E-state index contributed by atoms with van der Waals surface area (Å²) in [6, 6.07) is 9.76. The first-order valence-electron chi connectivity index (χ1n) is 10.6. The number of benzene rings is 1. The van der Waals surface area contributed by atoms with Gasteiger partial charge in [-0.25, -0.2) is 0 Å². The molecule has 0 saturated carbocycles. The molecule has 0 amide bonds. The fraction of sp³-hybridized carbons (Fsp3) is 0.739. The van der Waals surface area contributed by atoms with Gasteiger partial charge in [-0.15, -0.1) is 0 Å². The van der Waals surface area contributed by atoms with E-state index in [2.05, 4.69) is 65.8 Å². The van der Waals surface area contributed by atoms with Crippen molar-refractivity contribution < 1.29 is 0 Å². The van der Waals surface area contributed by atoms with E-state index in [1.54, 1.807) is 0 Å². The molecule has 0 radical (unpaired) electrons. The van der Waals surface area contributed by atoms with Crippen molar-refractivity contribution in [2.75, 3.05) is 6.16 Å². The van der Waals surface area contributed by atoms with Gasteiger partial charge < -0.3 is 0 Å². The van der Waals surface area contributed by atoms with Crippen LogP contribution in [0.3, 0.4) is 0 Å². The molecule has 1 unspecified atom stereocenters. The summed E-state index contributed by atoms with van der Waals surface area (Å²) in [7, 11) is 0.0545. The van der Waals surface area contributed by atoms with Gasteiger partial charge in [-0.2, -0.15) is 0 Å². The first-order valence-corrected chi connectivity index (χ1v) is 13.6. The van der Waals surface area contributed by atoms with Gasteiger partial charge in [-0.05, 0) is 77.2 Å². The predicted molar refractivity (Wildman–Crippen MR) is 119 cm³/mol. The Morgan fingerprint density at radius 1 is 0.720 bits per heavy atom. The van der Waals surface area contributed by atoms with Gasteiger partial charge in [0.15, 0.2) is 0 Å². The van der Waals surface area contributed by atoms with Crippen molar-refractivity contribution in [2.45, 2.75) is 84.2 Å². The molecule has 2 heteroatoms. The van der Waals surface area contributed by atoms with E-state index in [-0.39, 0.29) is 15.8 Å². The molecule has 2 saturated heterocycles. The second-order valence-electron chi connectivity index (χ2n) is 9.24. The smallest absolute Gasteiger partial charge is 0.0143 e. The molecule has 2 heterocycles. The Morgan fingerprint density at radius 2 is 1.24 bits per heavy atom. The lowest BCUT2D eigenvalue weighted by molar-refractivity contribution is 0.543. The maximum absolute atomic E-state index is 2.55. The third kappa shape index (κ3) is 4.01. The van der Waals surface area contributed by atoms with Crippen molar-refractivity contribution in [2.24, 2.45) is 17.8 Å². The second kappa shape index (κ2) is 8.40. The number of hydrogen-bond donors (Lipinski definition) is 0. The van der Waals surface area contributed by atoms with E-state index >= 15 is 0 Å². The zero-order valence-electron chi connectivity index (χ0n) is 17.2. The summed E-state index contributed by atoms with van der Waals surface area (Å²) in [4.78, 5) is 0. The van der Waals surface area contributed by atoms with Gasteiger partial charge in [0.1, 0.15) is 0 Å². The van der Waals surface area contributed by atoms with Crippen LogP contribution in [-0.4, -0.2) is 23.1 Å². The van der Waals surface area contributed by atoms with E-state index in [1.807, 2.05) is 10.6 Å². The van der Waals surface area contributed by atoms with Crippen molar-refractivity contribution in [1.82, 2.24) is 0 Å². The Balaban J connectivity index is 2.01. The fourth-order valence-corrected chi connectivity index (χ4v) is 13.2. The average Bonchev–Trinajstić information content (AvgIpc) is 3.21. The minimum atomic E-state index is -0.00502. The molecule has 0 spiro atoms. The maximum Gasteiger partial charge on any atom is -0.0143 e. The van der Waals surface area contributed by atoms with Crippen molar-refractivity contribution in [3.63, 3.8) is 0 Å². The van der Waals surface area contributed by atoms with Gasteiger partial charge in [-0.3, -0.25) is 0 Å². The van der Waals surface area contributed by atoms with Crippen LogP contribution in [0.2, 0.25) is 0 Å². The molecule has 2 aliphatic heterocycles. The third-order valence-electron chi connectivity index (χ3n) is 6.55. The van der Waals surface area contributed by atoms with Crippen LogP contribution in [0.5, 0.6) is 0 Å². The topological polar surface area (TPSA) is 0 Å². The van der Waals surface area contributed by atoms with Crippen LogP contribution < -0.4 is 10.6 Å². The quantitative estimate of drug-likeness (QED) is 0.510. The van der Waals surface area contributed by atoms with Crippen molar-refractivity contribution in [1.29, 1.82) is 0 Å². The van der Waals surface area contributed by atoms with Crippen LogP contribution in [0.1, 0.15) is 67.2 Å². The van der Waals surface area contributed by atoms with Crippen LogP contribution in [0.4, 0.5) is 0 Å². The lowest BCUT2D eigenvalue weighted by atomic mass is 10.0. The average molecular weight is 377 g/mol. The molecule has 4 atom stereocenters. The van der Waals surface area contributed by atoms with Crippen molar-refractivity contribution >= 4 is 26.5 Å². The second-order valence-corrected chi connectivity index (χ2v) is 14.4. The monoisotopic (exact) mass is 376 g/mol. The summed E-state index contributed by atoms with van der Waals surface area (Å²) in [5.41, 5.74) is 2.85. The molecule has 1 aromatic carbocycles. The van der Waals surface area contributed by atoms with E-state index in [0.29, 0.717) is 0 Å². The summed E-state index contributed by atoms with van der Waals surface area (Å²) < 4.78 is 0. The fourth-order valence-electron chi connectivity index (χ4n) is 5.24. The highest BCUT2D eigenvalue weighted by Gasteiger charge is 2.42. The highest BCUT2D eigenvalue weighted by atomic mass is 31.1. The van der Waals surface area contributed by atoms with Crippen molar-refractivity contribution in [3.05, 3.63) is 24.3 Å². The lowest BCUT2D eigenvalue weighted by Gasteiger charge is -2.35. The largest absolute Gasteiger partial charge is 0.0712 e. The molecule has 1 aromatic rings. The summed E-state index contributed by atoms with van der Waals surface area (Å²) in [6.45, 7) is 14.8. The molecule has 0 N–H and O–H groups in total. The molecule has 25 heavy (non-hydrogen) atoms. The normalized spacial score (nSPS) is 30.9. The molecular formula is C23H38P2. The van der Waals surface area contributed by atoms with E-state index < -0.39 is 0 Å². The first-order chi connectivity index (χ1) is 11.9. The van der Waals surface area contributed by atoms with Gasteiger partial charge >= 0.3 is 0 Å². The van der Waals surface area contributed by atoms with Gasteiger partial charge in [0.05, 0.1) is 0 Å². The molecular weight excluding hydrogens is 338 g/mol. The SMILES string of the molecule is CC(C)[C@@H]1CCCP1c1ccccc1P1[C@H](C(C)C)CC[C@H]1C(C)C. The third-order valence-corrected chi connectivity index (χ3v) is 14.3. The molecule has 0 bridgehead atoms. The molecule has 2 aliphatic rings. The zero-order valence-corrected chi connectivity index (χ0v) is 19.0.